The third kappa shape index (κ3) is 3.58. The molecule has 0 amide bonds. The van der Waals surface area contributed by atoms with Crippen molar-refractivity contribution in [2.45, 2.75) is 12.0 Å². The van der Waals surface area contributed by atoms with Crippen LogP contribution in [0.25, 0.3) is 0 Å². The molecule has 2 aliphatic heterocycles. The van der Waals surface area contributed by atoms with Crippen molar-refractivity contribution < 1.29 is 0 Å². The molecule has 2 aromatic carbocycles. The molecule has 5 heteroatoms. The summed E-state index contributed by atoms with van der Waals surface area (Å²) >= 11 is 6.06. The number of benzene rings is 2. The number of hydrogen-bond acceptors (Lipinski definition) is 2. The molecule has 0 N–H and O–H groups in total. The van der Waals surface area contributed by atoms with Crippen molar-refractivity contribution in [2.24, 2.45) is 0 Å². The van der Waals surface area contributed by atoms with Crippen molar-refractivity contribution in [1.82, 2.24) is 9.80 Å². The molecule has 0 unspecified atom stereocenters. The fourth-order valence-electron chi connectivity index (χ4n) is 3.92. The summed E-state index contributed by atoms with van der Waals surface area (Å²) in [5, 5.41) is 0.810. The van der Waals surface area contributed by atoms with E-state index in [0.717, 1.165) is 31.2 Å². The van der Waals surface area contributed by atoms with Crippen LogP contribution in [-0.2, 0) is 0 Å². The molecule has 2 atom stereocenters. The molecule has 1 fully saturated rings. The molecule has 2 heterocycles. The number of rotatable bonds is 1. The average Bonchev–Trinajstić information content (AvgIpc) is 2.55. The van der Waals surface area contributed by atoms with Gasteiger partial charge >= 0.3 is 0 Å². The van der Waals surface area contributed by atoms with Gasteiger partial charge in [-0.25, -0.2) is 0 Å². The second-order valence-electron chi connectivity index (χ2n) is 6.51. The molecule has 2 aliphatic rings. The van der Waals surface area contributed by atoms with E-state index in [1.807, 2.05) is 12.1 Å². The highest BCUT2D eigenvalue weighted by Gasteiger charge is 2.36. The van der Waals surface area contributed by atoms with Crippen LogP contribution in [0.2, 0.25) is 5.02 Å². The quantitative estimate of drug-likeness (QED) is 0.707. The Morgan fingerprint density at radius 1 is 0.875 bits per heavy atom. The normalized spacial score (nSPS) is 23.4. The smallest absolute Gasteiger partial charge is 0.0478 e. The third-order valence-corrected chi connectivity index (χ3v) is 5.37. The summed E-state index contributed by atoms with van der Waals surface area (Å²) in [7, 11) is 2.23. The van der Waals surface area contributed by atoms with Gasteiger partial charge in [-0.1, -0.05) is 48.0 Å². The third-order valence-electron chi connectivity index (χ3n) is 5.11. The first-order valence-corrected chi connectivity index (χ1v) is 8.37. The van der Waals surface area contributed by atoms with E-state index in [-0.39, 0.29) is 24.8 Å². The molecule has 4 rings (SSSR count). The van der Waals surface area contributed by atoms with Gasteiger partial charge in [-0.05, 0) is 35.9 Å². The fraction of sp³-hybridized carbons (Fsp3) is 0.368. The minimum Gasteiger partial charge on any atom is -0.303 e. The van der Waals surface area contributed by atoms with Gasteiger partial charge in [0.05, 0.1) is 0 Å². The number of hydrogen-bond donors (Lipinski definition) is 0. The lowest BCUT2D eigenvalue weighted by atomic mass is 9.80. The largest absolute Gasteiger partial charge is 0.303 e. The highest BCUT2D eigenvalue weighted by molar-refractivity contribution is 6.30. The predicted molar refractivity (Wildman–Crippen MR) is 106 cm³/mol. The molecule has 2 aromatic rings. The van der Waals surface area contributed by atoms with Gasteiger partial charge in [0, 0.05) is 43.2 Å². The lowest BCUT2D eigenvalue weighted by Crippen LogP contribution is -2.50. The standard InChI is InChI=1S/C19H21ClN2.2ClH/c1-21-10-11-22-12-18(14-6-8-15(20)9-7-14)16-4-2-3-5-17(16)19(22)13-21;;/h2-9,18-19H,10-13H2,1H3;2*1H/t18-,19-;;/m0../s1. The molecule has 0 spiro atoms. The Morgan fingerprint density at radius 3 is 2.25 bits per heavy atom. The van der Waals surface area contributed by atoms with Gasteiger partial charge in [-0.2, -0.15) is 0 Å². The van der Waals surface area contributed by atoms with E-state index in [9.17, 15) is 0 Å². The van der Waals surface area contributed by atoms with Crippen LogP contribution in [0.4, 0.5) is 0 Å². The van der Waals surface area contributed by atoms with Crippen LogP contribution in [-0.4, -0.2) is 43.0 Å². The Kier molecular flexibility index (Phi) is 6.58. The van der Waals surface area contributed by atoms with Gasteiger partial charge in [0.2, 0.25) is 0 Å². The average molecular weight is 386 g/mol. The van der Waals surface area contributed by atoms with Gasteiger partial charge in [0.15, 0.2) is 0 Å². The molecule has 1 saturated heterocycles. The van der Waals surface area contributed by atoms with E-state index in [1.54, 1.807) is 0 Å². The van der Waals surface area contributed by atoms with Crippen LogP contribution in [0.5, 0.6) is 0 Å². The van der Waals surface area contributed by atoms with E-state index < -0.39 is 0 Å². The van der Waals surface area contributed by atoms with Gasteiger partial charge < -0.3 is 4.90 Å². The van der Waals surface area contributed by atoms with Crippen LogP contribution in [0.1, 0.15) is 28.7 Å². The van der Waals surface area contributed by atoms with E-state index in [0.29, 0.717) is 12.0 Å². The summed E-state index contributed by atoms with van der Waals surface area (Å²) in [6.07, 6.45) is 0. The minimum atomic E-state index is 0. The number of piperazine rings is 1. The highest BCUT2D eigenvalue weighted by atomic mass is 35.5. The molecular weight excluding hydrogens is 363 g/mol. The minimum absolute atomic E-state index is 0. The molecule has 0 radical (unpaired) electrons. The van der Waals surface area contributed by atoms with E-state index in [1.165, 1.54) is 16.7 Å². The molecule has 0 saturated carbocycles. The summed E-state index contributed by atoms with van der Waals surface area (Å²) in [4.78, 5) is 5.10. The monoisotopic (exact) mass is 384 g/mol. The SMILES string of the molecule is CN1CCN2C[C@@H](c3ccc(Cl)cc3)c3ccccc3[C@@H]2C1.Cl.Cl. The van der Waals surface area contributed by atoms with Crippen molar-refractivity contribution >= 4 is 36.4 Å². The Bertz CT molecular complexity index is 675. The Balaban J connectivity index is 0.00000104. The topological polar surface area (TPSA) is 6.48 Å². The lowest BCUT2D eigenvalue weighted by Gasteiger charge is -2.46. The maximum absolute atomic E-state index is 6.06. The zero-order chi connectivity index (χ0) is 15.1. The van der Waals surface area contributed by atoms with Crippen molar-refractivity contribution in [3.63, 3.8) is 0 Å². The predicted octanol–water partition coefficient (Wildman–Crippen LogP) is 4.62. The molecule has 0 aromatic heterocycles. The Labute approximate surface area is 161 Å². The molecule has 130 valence electrons. The van der Waals surface area contributed by atoms with Crippen molar-refractivity contribution in [1.29, 1.82) is 0 Å². The summed E-state index contributed by atoms with van der Waals surface area (Å²) < 4.78 is 0. The molecular formula is C19H23Cl3N2. The Hall–Kier alpha value is -0.770. The molecule has 2 nitrogen and oxygen atoms in total. The summed E-state index contributed by atoms with van der Waals surface area (Å²) in [5.41, 5.74) is 4.36. The fourth-order valence-corrected chi connectivity index (χ4v) is 4.04. The molecule has 0 aliphatic carbocycles. The summed E-state index contributed by atoms with van der Waals surface area (Å²) in [5.74, 6) is 0.452. The van der Waals surface area contributed by atoms with Crippen LogP contribution in [0.15, 0.2) is 48.5 Å². The van der Waals surface area contributed by atoms with Gasteiger partial charge in [-0.15, -0.1) is 24.8 Å². The van der Waals surface area contributed by atoms with E-state index in [2.05, 4.69) is 53.2 Å². The van der Waals surface area contributed by atoms with Crippen molar-refractivity contribution in [3.8, 4) is 0 Å². The van der Waals surface area contributed by atoms with Crippen LogP contribution in [0.3, 0.4) is 0 Å². The van der Waals surface area contributed by atoms with Crippen molar-refractivity contribution in [3.05, 3.63) is 70.2 Å². The maximum Gasteiger partial charge on any atom is 0.0478 e. The second kappa shape index (κ2) is 8.07. The number of fused-ring (bicyclic) bond motifs is 3. The first kappa shape index (κ1) is 19.6. The van der Waals surface area contributed by atoms with E-state index in [4.69, 9.17) is 11.6 Å². The second-order valence-corrected chi connectivity index (χ2v) is 6.94. The van der Waals surface area contributed by atoms with Crippen LogP contribution < -0.4 is 0 Å². The van der Waals surface area contributed by atoms with E-state index >= 15 is 0 Å². The maximum atomic E-state index is 6.06. The number of halogens is 3. The first-order chi connectivity index (χ1) is 10.7. The zero-order valence-electron chi connectivity index (χ0n) is 13.7. The number of nitrogens with zero attached hydrogens (tertiary/aromatic N) is 2. The van der Waals surface area contributed by atoms with Gasteiger partial charge in [0.1, 0.15) is 0 Å². The van der Waals surface area contributed by atoms with Gasteiger partial charge in [-0.3, -0.25) is 4.90 Å². The highest BCUT2D eigenvalue weighted by Crippen LogP contribution is 2.40. The van der Waals surface area contributed by atoms with Gasteiger partial charge in [0.25, 0.3) is 0 Å². The molecule has 0 bridgehead atoms. The summed E-state index contributed by atoms with van der Waals surface area (Å²) in [6, 6.07) is 17.9. The molecule has 24 heavy (non-hydrogen) atoms. The van der Waals surface area contributed by atoms with Crippen molar-refractivity contribution in [2.75, 3.05) is 33.2 Å². The number of likely N-dealkylation sites (N-methyl/N-ethyl adjacent to an activating group) is 1. The Morgan fingerprint density at radius 2 is 1.54 bits per heavy atom. The zero-order valence-corrected chi connectivity index (χ0v) is 16.1. The lowest BCUT2D eigenvalue weighted by molar-refractivity contribution is 0.0772. The van der Waals surface area contributed by atoms with Crippen LogP contribution in [0, 0.1) is 0 Å². The first-order valence-electron chi connectivity index (χ1n) is 7.99. The van der Waals surface area contributed by atoms with Crippen LogP contribution >= 0.6 is 36.4 Å². The summed E-state index contributed by atoms with van der Waals surface area (Å²) in [6.45, 7) is 4.55.